The Balaban J connectivity index is 1.80. The molecule has 1 amide bonds. The van der Waals surface area contributed by atoms with Crippen molar-refractivity contribution in [2.45, 2.75) is 52.5 Å². The van der Waals surface area contributed by atoms with E-state index in [0.717, 1.165) is 29.5 Å². The van der Waals surface area contributed by atoms with Gasteiger partial charge in [-0.25, -0.2) is 9.97 Å². The maximum Gasteiger partial charge on any atom is 0.258 e. The van der Waals surface area contributed by atoms with E-state index in [9.17, 15) is 4.79 Å². The summed E-state index contributed by atoms with van der Waals surface area (Å²) in [6.07, 6.45) is 5.75. The number of hydrogen-bond acceptors (Lipinski definition) is 5. The number of carbonyl (C=O) groups excluding carboxylic acids is 1. The molecular formula is C17H23N3O2S. The average molecular weight is 333 g/mol. The molecule has 2 atom stereocenters. The number of amides is 1. The lowest BCUT2D eigenvalue weighted by molar-refractivity contribution is -0.123. The largest absolute Gasteiger partial charge is 0.467 e. The summed E-state index contributed by atoms with van der Waals surface area (Å²) in [7, 11) is 0. The van der Waals surface area contributed by atoms with Crippen LogP contribution in [0.15, 0.2) is 6.33 Å². The van der Waals surface area contributed by atoms with E-state index < -0.39 is 0 Å². The summed E-state index contributed by atoms with van der Waals surface area (Å²) in [4.78, 5) is 22.9. The van der Waals surface area contributed by atoms with Crippen molar-refractivity contribution in [3.8, 4) is 5.88 Å². The van der Waals surface area contributed by atoms with Gasteiger partial charge in [0.1, 0.15) is 11.2 Å². The molecule has 0 aliphatic heterocycles. The number of ether oxygens (including phenoxy) is 1. The smallest absolute Gasteiger partial charge is 0.258 e. The third-order valence-electron chi connectivity index (χ3n) is 4.42. The fraction of sp³-hybridized carbons (Fsp3) is 0.588. The first-order valence-electron chi connectivity index (χ1n) is 8.25. The second-order valence-corrected chi connectivity index (χ2v) is 7.46. The monoisotopic (exact) mass is 333 g/mol. The van der Waals surface area contributed by atoms with Crippen LogP contribution in [0, 0.1) is 5.92 Å². The number of nitrogens with one attached hydrogen (secondary N) is 1. The number of aromatic nitrogens is 2. The summed E-state index contributed by atoms with van der Waals surface area (Å²) in [6.45, 7) is 6.31. The normalized spacial score (nSPS) is 18.5. The average Bonchev–Trinajstić information content (AvgIpc) is 2.90. The highest BCUT2D eigenvalue weighted by atomic mass is 32.1. The molecule has 0 radical (unpaired) electrons. The zero-order valence-corrected chi connectivity index (χ0v) is 14.7. The molecule has 2 aromatic rings. The van der Waals surface area contributed by atoms with E-state index in [4.69, 9.17) is 4.74 Å². The SMILES string of the molecule is CC[C@@H](C)NC(=O)COc1ncnc2sc3c(c12)CC[C@@H](C)C3. The van der Waals surface area contributed by atoms with Gasteiger partial charge in [0.2, 0.25) is 5.88 Å². The Morgan fingerprint density at radius 1 is 1.52 bits per heavy atom. The van der Waals surface area contributed by atoms with E-state index in [0.29, 0.717) is 11.8 Å². The molecule has 0 fully saturated rings. The molecule has 1 aliphatic rings. The first kappa shape index (κ1) is 16.2. The molecule has 124 valence electrons. The molecule has 2 heterocycles. The van der Waals surface area contributed by atoms with E-state index in [1.165, 1.54) is 23.2 Å². The van der Waals surface area contributed by atoms with E-state index in [1.807, 2.05) is 13.8 Å². The van der Waals surface area contributed by atoms with Gasteiger partial charge >= 0.3 is 0 Å². The fourth-order valence-corrected chi connectivity index (χ4v) is 4.25. The van der Waals surface area contributed by atoms with Gasteiger partial charge in [-0.1, -0.05) is 13.8 Å². The molecule has 0 spiro atoms. The minimum Gasteiger partial charge on any atom is -0.467 e. The highest BCUT2D eigenvalue weighted by Crippen LogP contribution is 2.40. The summed E-state index contributed by atoms with van der Waals surface area (Å²) in [5, 5.41) is 3.92. The van der Waals surface area contributed by atoms with Gasteiger partial charge in [-0.3, -0.25) is 4.79 Å². The molecule has 6 heteroatoms. The van der Waals surface area contributed by atoms with E-state index in [1.54, 1.807) is 11.3 Å². The third kappa shape index (κ3) is 3.47. The Bertz CT molecular complexity index is 713. The highest BCUT2D eigenvalue weighted by Gasteiger charge is 2.23. The van der Waals surface area contributed by atoms with Crippen molar-refractivity contribution >= 4 is 27.5 Å². The van der Waals surface area contributed by atoms with Crippen molar-refractivity contribution in [3.63, 3.8) is 0 Å². The van der Waals surface area contributed by atoms with Crippen LogP contribution in [0.4, 0.5) is 0 Å². The molecule has 0 aromatic carbocycles. The number of rotatable bonds is 5. The standard InChI is InChI=1S/C17H23N3O2S/c1-4-11(3)20-14(21)8-22-16-15-12-6-5-10(2)7-13(12)23-17(15)19-9-18-16/h9-11H,4-8H2,1-3H3,(H,20,21)/t10-,11-/m1/s1. The van der Waals surface area contributed by atoms with Crippen molar-refractivity contribution < 1.29 is 9.53 Å². The van der Waals surface area contributed by atoms with E-state index in [2.05, 4.69) is 22.2 Å². The summed E-state index contributed by atoms with van der Waals surface area (Å²) in [6, 6.07) is 0.159. The zero-order valence-electron chi connectivity index (χ0n) is 13.9. The predicted molar refractivity (Wildman–Crippen MR) is 92.0 cm³/mol. The Labute approximate surface area is 140 Å². The number of carbonyl (C=O) groups is 1. The minimum atomic E-state index is -0.108. The van der Waals surface area contributed by atoms with Crippen LogP contribution in [0.2, 0.25) is 0 Å². The van der Waals surface area contributed by atoms with Gasteiger partial charge in [-0.05, 0) is 44.1 Å². The molecule has 3 rings (SSSR count). The Morgan fingerprint density at radius 3 is 3.13 bits per heavy atom. The lowest BCUT2D eigenvalue weighted by Crippen LogP contribution is -2.35. The van der Waals surface area contributed by atoms with Crippen molar-refractivity contribution in [3.05, 3.63) is 16.8 Å². The Kier molecular flexibility index (Phi) is 4.80. The van der Waals surface area contributed by atoms with Crippen LogP contribution in [0.25, 0.3) is 10.2 Å². The van der Waals surface area contributed by atoms with Gasteiger partial charge < -0.3 is 10.1 Å². The molecule has 0 unspecified atom stereocenters. The molecule has 1 aliphatic carbocycles. The van der Waals surface area contributed by atoms with Gasteiger partial charge in [-0.2, -0.15) is 0 Å². The highest BCUT2D eigenvalue weighted by molar-refractivity contribution is 7.18. The lowest BCUT2D eigenvalue weighted by Gasteiger charge is -2.18. The molecular weight excluding hydrogens is 310 g/mol. The molecule has 1 N–H and O–H groups in total. The first-order chi connectivity index (χ1) is 11.1. The molecule has 2 aromatic heterocycles. The number of nitrogens with zero attached hydrogens (tertiary/aromatic N) is 2. The fourth-order valence-electron chi connectivity index (χ4n) is 2.91. The summed E-state index contributed by atoms with van der Waals surface area (Å²) < 4.78 is 5.72. The van der Waals surface area contributed by atoms with Gasteiger partial charge in [0.05, 0.1) is 5.39 Å². The van der Waals surface area contributed by atoms with E-state index >= 15 is 0 Å². The first-order valence-corrected chi connectivity index (χ1v) is 9.07. The van der Waals surface area contributed by atoms with Crippen molar-refractivity contribution in [1.29, 1.82) is 0 Å². The number of hydrogen-bond donors (Lipinski definition) is 1. The summed E-state index contributed by atoms with van der Waals surface area (Å²) >= 11 is 1.73. The van der Waals surface area contributed by atoms with Crippen LogP contribution < -0.4 is 10.1 Å². The van der Waals surface area contributed by atoms with Crippen LogP contribution in [-0.2, 0) is 17.6 Å². The molecule has 5 nitrogen and oxygen atoms in total. The number of fused-ring (bicyclic) bond motifs is 3. The maximum atomic E-state index is 11.9. The minimum absolute atomic E-state index is 0.00250. The van der Waals surface area contributed by atoms with Crippen LogP contribution in [-0.4, -0.2) is 28.5 Å². The van der Waals surface area contributed by atoms with Gasteiger partial charge in [-0.15, -0.1) is 11.3 Å². The van der Waals surface area contributed by atoms with Crippen molar-refractivity contribution in [2.24, 2.45) is 5.92 Å². The topological polar surface area (TPSA) is 64.1 Å². The predicted octanol–water partition coefficient (Wildman–Crippen LogP) is 3.11. The molecule has 0 bridgehead atoms. The number of thiophene rings is 1. The van der Waals surface area contributed by atoms with Crippen LogP contribution in [0.5, 0.6) is 5.88 Å². The molecule has 0 saturated carbocycles. The maximum absolute atomic E-state index is 11.9. The van der Waals surface area contributed by atoms with Crippen LogP contribution >= 0.6 is 11.3 Å². The molecule has 23 heavy (non-hydrogen) atoms. The molecule has 0 saturated heterocycles. The summed E-state index contributed by atoms with van der Waals surface area (Å²) in [5.41, 5.74) is 1.32. The van der Waals surface area contributed by atoms with Gasteiger partial charge in [0.25, 0.3) is 5.91 Å². The zero-order chi connectivity index (χ0) is 16.4. The second-order valence-electron chi connectivity index (χ2n) is 6.38. The number of aryl methyl sites for hydroxylation is 1. The van der Waals surface area contributed by atoms with Crippen LogP contribution in [0.3, 0.4) is 0 Å². The van der Waals surface area contributed by atoms with Gasteiger partial charge in [0.15, 0.2) is 6.61 Å². The Hall–Kier alpha value is -1.69. The summed E-state index contributed by atoms with van der Waals surface area (Å²) in [5.74, 6) is 1.15. The van der Waals surface area contributed by atoms with Crippen LogP contribution in [0.1, 0.15) is 44.1 Å². The lowest BCUT2D eigenvalue weighted by atomic mass is 9.89. The Morgan fingerprint density at radius 2 is 2.35 bits per heavy atom. The van der Waals surface area contributed by atoms with Crippen molar-refractivity contribution in [2.75, 3.05) is 6.61 Å². The second kappa shape index (κ2) is 6.83. The third-order valence-corrected chi connectivity index (χ3v) is 5.58. The van der Waals surface area contributed by atoms with E-state index in [-0.39, 0.29) is 18.6 Å². The quantitative estimate of drug-likeness (QED) is 0.913. The van der Waals surface area contributed by atoms with Gasteiger partial charge in [0, 0.05) is 10.9 Å². The van der Waals surface area contributed by atoms with Crippen molar-refractivity contribution in [1.82, 2.24) is 15.3 Å².